The molecule has 2 rings (SSSR count). The molecule has 1 aromatic carbocycles. The van der Waals surface area contributed by atoms with Gasteiger partial charge in [-0.15, -0.1) is 0 Å². The molecular formula is C24H30O2. The van der Waals surface area contributed by atoms with Crippen molar-refractivity contribution in [1.82, 2.24) is 0 Å². The van der Waals surface area contributed by atoms with Crippen LogP contribution in [-0.2, 0) is 0 Å². The zero-order chi connectivity index (χ0) is 19.5. The Morgan fingerprint density at radius 1 is 1.00 bits per heavy atom. The Morgan fingerprint density at radius 3 is 2.15 bits per heavy atom. The molecule has 138 valence electrons. The average Bonchev–Trinajstić information content (AvgIpc) is 2.64. The van der Waals surface area contributed by atoms with E-state index in [1.165, 1.54) is 11.1 Å². The Kier molecular flexibility index (Phi) is 6.17. The summed E-state index contributed by atoms with van der Waals surface area (Å²) in [7, 11) is 0. The second kappa shape index (κ2) is 7.99. The van der Waals surface area contributed by atoms with Gasteiger partial charge in [-0.05, 0) is 45.4 Å². The number of carbonyl (C=O) groups excluding carboxylic acids is 2. The molecule has 0 atom stereocenters. The lowest BCUT2D eigenvalue weighted by Gasteiger charge is -2.25. The second-order valence-electron chi connectivity index (χ2n) is 7.89. The van der Waals surface area contributed by atoms with Gasteiger partial charge < -0.3 is 0 Å². The van der Waals surface area contributed by atoms with Crippen LogP contribution in [0, 0.1) is 5.41 Å². The van der Waals surface area contributed by atoms with Crippen molar-refractivity contribution in [2.45, 2.75) is 60.8 Å². The fraction of sp³-hybridized carbons (Fsp3) is 0.417. The molecule has 0 fully saturated rings. The topological polar surface area (TPSA) is 34.1 Å². The molecule has 2 nitrogen and oxygen atoms in total. The summed E-state index contributed by atoms with van der Waals surface area (Å²) < 4.78 is 0. The van der Waals surface area contributed by atoms with Gasteiger partial charge in [0.05, 0.1) is 0 Å². The van der Waals surface area contributed by atoms with E-state index in [4.69, 9.17) is 0 Å². The summed E-state index contributed by atoms with van der Waals surface area (Å²) in [5.74, 6) is -0.0386. The van der Waals surface area contributed by atoms with Crippen LogP contribution in [-0.4, -0.2) is 11.6 Å². The molecule has 1 aliphatic rings. The molecule has 0 aromatic heterocycles. The fourth-order valence-electron chi connectivity index (χ4n) is 3.06. The van der Waals surface area contributed by atoms with Gasteiger partial charge in [0.15, 0.2) is 11.6 Å². The normalized spacial score (nSPS) is 16.2. The fourth-order valence-corrected chi connectivity index (χ4v) is 3.06. The van der Waals surface area contributed by atoms with E-state index in [0.717, 1.165) is 12.8 Å². The maximum absolute atomic E-state index is 12.8. The van der Waals surface area contributed by atoms with Crippen LogP contribution in [0.2, 0.25) is 0 Å². The van der Waals surface area contributed by atoms with E-state index in [1.54, 1.807) is 25.1 Å². The molecule has 0 bridgehead atoms. The molecule has 0 saturated heterocycles. The quantitative estimate of drug-likeness (QED) is 0.549. The van der Waals surface area contributed by atoms with E-state index in [-0.39, 0.29) is 17.0 Å². The van der Waals surface area contributed by atoms with Gasteiger partial charge in [0.2, 0.25) is 0 Å². The number of benzene rings is 1. The third kappa shape index (κ3) is 4.12. The number of hydrogen-bond acceptors (Lipinski definition) is 2. The highest BCUT2D eigenvalue weighted by Gasteiger charge is 2.29. The SMILES string of the molecule is CC/C(C)=C/CC(C)(C)/C(C)=C/CC1=C(C)C(=O)c2ccccc2C1=O. The van der Waals surface area contributed by atoms with Crippen molar-refractivity contribution in [3.8, 4) is 0 Å². The van der Waals surface area contributed by atoms with Crippen molar-refractivity contribution in [3.05, 3.63) is 69.8 Å². The summed E-state index contributed by atoms with van der Waals surface area (Å²) in [5, 5.41) is 0. The maximum Gasteiger partial charge on any atom is 0.190 e. The minimum absolute atomic E-state index is 0.0127. The Bertz CT molecular complexity index is 816. The second-order valence-corrected chi connectivity index (χ2v) is 7.89. The Hall–Kier alpha value is -2.22. The van der Waals surface area contributed by atoms with Gasteiger partial charge in [-0.1, -0.05) is 68.3 Å². The van der Waals surface area contributed by atoms with Crippen molar-refractivity contribution in [1.29, 1.82) is 0 Å². The highest BCUT2D eigenvalue weighted by Crippen LogP contribution is 2.33. The van der Waals surface area contributed by atoms with Crippen LogP contribution in [0.25, 0.3) is 0 Å². The Labute approximate surface area is 157 Å². The van der Waals surface area contributed by atoms with E-state index in [0.29, 0.717) is 28.7 Å². The Balaban J connectivity index is 2.25. The summed E-state index contributed by atoms with van der Waals surface area (Å²) in [4.78, 5) is 25.4. The molecule has 1 aromatic rings. The van der Waals surface area contributed by atoms with Crippen molar-refractivity contribution in [2.75, 3.05) is 0 Å². The van der Waals surface area contributed by atoms with Gasteiger partial charge in [0.25, 0.3) is 0 Å². The first kappa shape index (κ1) is 20.1. The zero-order valence-corrected chi connectivity index (χ0v) is 16.9. The molecule has 0 unspecified atom stereocenters. The number of rotatable bonds is 6. The highest BCUT2D eigenvalue weighted by molar-refractivity contribution is 6.26. The van der Waals surface area contributed by atoms with E-state index >= 15 is 0 Å². The van der Waals surface area contributed by atoms with Gasteiger partial charge in [-0.3, -0.25) is 9.59 Å². The maximum atomic E-state index is 12.8. The van der Waals surface area contributed by atoms with E-state index in [9.17, 15) is 9.59 Å². The van der Waals surface area contributed by atoms with Crippen LogP contribution in [0.4, 0.5) is 0 Å². The minimum atomic E-state index is -0.0259. The summed E-state index contributed by atoms with van der Waals surface area (Å²) in [6.07, 6.45) is 6.97. The monoisotopic (exact) mass is 350 g/mol. The first-order valence-corrected chi connectivity index (χ1v) is 9.40. The van der Waals surface area contributed by atoms with Crippen LogP contribution in [0.3, 0.4) is 0 Å². The third-order valence-corrected chi connectivity index (χ3v) is 5.68. The summed E-state index contributed by atoms with van der Waals surface area (Å²) in [6, 6.07) is 7.11. The number of allylic oxidation sites excluding steroid dienone is 6. The smallest absolute Gasteiger partial charge is 0.190 e. The Morgan fingerprint density at radius 2 is 1.58 bits per heavy atom. The molecule has 0 spiro atoms. The van der Waals surface area contributed by atoms with Gasteiger partial charge in [-0.25, -0.2) is 0 Å². The molecule has 26 heavy (non-hydrogen) atoms. The predicted molar refractivity (Wildman–Crippen MR) is 109 cm³/mol. The largest absolute Gasteiger partial charge is 0.289 e. The molecule has 0 aliphatic heterocycles. The molecule has 2 heteroatoms. The molecule has 0 radical (unpaired) electrons. The van der Waals surface area contributed by atoms with Crippen LogP contribution in [0.15, 0.2) is 58.7 Å². The van der Waals surface area contributed by atoms with E-state index in [1.807, 2.05) is 6.07 Å². The zero-order valence-electron chi connectivity index (χ0n) is 16.9. The van der Waals surface area contributed by atoms with Crippen molar-refractivity contribution in [2.24, 2.45) is 5.41 Å². The molecular weight excluding hydrogens is 320 g/mol. The van der Waals surface area contributed by atoms with E-state index in [2.05, 4.69) is 46.8 Å². The van der Waals surface area contributed by atoms with Gasteiger partial charge in [0, 0.05) is 22.3 Å². The number of carbonyl (C=O) groups is 2. The van der Waals surface area contributed by atoms with Gasteiger partial charge in [0.1, 0.15) is 0 Å². The van der Waals surface area contributed by atoms with Crippen molar-refractivity contribution in [3.63, 3.8) is 0 Å². The molecule has 0 amide bonds. The lowest BCUT2D eigenvalue weighted by Crippen LogP contribution is -2.21. The first-order chi connectivity index (χ1) is 12.2. The predicted octanol–water partition coefficient (Wildman–Crippen LogP) is 6.49. The summed E-state index contributed by atoms with van der Waals surface area (Å²) in [6.45, 7) is 12.7. The number of hydrogen-bond donors (Lipinski definition) is 0. The highest BCUT2D eigenvalue weighted by atomic mass is 16.1. The number of fused-ring (bicyclic) bond motifs is 1. The lowest BCUT2D eigenvalue weighted by molar-refractivity contribution is 0.0973. The average molecular weight is 351 g/mol. The van der Waals surface area contributed by atoms with Crippen LogP contribution in [0.5, 0.6) is 0 Å². The van der Waals surface area contributed by atoms with Crippen LogP contribution in [0.1, 0.15) is 81.5 Å². The van der Waals surface area contributed by atoms with Crippen molar-refractivity contribution >= 4 is 11.6 Å². The lowest BCUT2D eigenvalue weighted by atomic mass is 9.79. The molecule has 1 aliphatic carbocycles. The summed E-state index contributed by atoms with van der Waals surface area (Å²) in [5.41, 5.74) is 4.95. The first-order valence-electron chi connectivity index (χ1n) is 9.40. The third-order valence-electron chi connectivity index (χ3n) is 5.68. The van der Waals surface area contributed by atoms with Gasteiger partial charge >= 0.3 is 0 Å². The van der Waals surface area contributed by atoms with Gasteiger partial charge in [-0.2, -0.15) is 0 Å². The van der Waals surface area contributed by atoms with Crippen LogP contribution >= 0.6 is 0 Å². The number of Topliss-reactive ketones (excluding diaryl/α,β-unsaturated/α-hetero) is 2. The summed E-state index contributed by atoms with van der Waals surface area (Å²) >= 11 is 0. The van der Waals surface area contributed by atoms with E-state index < -0.39 is 0 Å². The molecule has 0 saturated carbocycles. The van der Waals surface area contributed by atoms with Crippen LogP contribution < -0.4 is 0 Å². The minimum Gasteiger partial charge on any atom is -0.289 e. The van der Waals surface area contributed by atoms with Crippen molar-refractivity contribution < 1.29 is 9.59 Å². The molecule has 0 N–H and O–H groups in total. The standard InChI is InChI=1S/C24H30O2/c1-7-16(2)14-15-24(5,6)17(3)12-13-19-18(4)22(25)20-10-8-9-11-21(20)23(19)26/h8-12,14H,7,13,15H2,1-6H3/b16-14+,17-12+. The number of ketones is 2. The molecule has 0 heterocycles.